The Hall–Kier alpha value is -5.62. The zero-order valence-electron chi connectivity index (χ0n) is 28.0. The summed E-state index contributed by atoms with van der Waals surface area (Å²) < 4.78 is 38.0. The van der Waals surface area contributed by atoms with Gasteiger partial charge in [-0.05, 0) is 101 Å². The van der Waals surface area contributed by atoms with Gasteiger partial charge in [0.1, 0.15) is 16.2 Å². The lowest BCUT2D eigenvalue weighted by atomic mass is 10.1. The van der Waals surface area contributed by atoms with E-state index in [1.165, 1.54) is 24.3 Å². The van der Waals surface area contributed by atoms with Gasteiger partial charge in [0.15, 0.2) is 22.8 Å². The first-order chi connectivity index (χ1) is 24.6. The third-order valence-corrected chi connectivity index (χ3v) is 10.1. The summed E-state index contributed by atoms with van der Waals surface area (Å²) >= 11 is 3.21. The van der Waals surface area contributed by atoms with Crippen LogP contribution in [0.25, 0.3) is 9.69 Å². The molecule has 2 saturated heterocycles. The summed E-state index contributed by atoms with van der Waals surface area (Å²) in [6.07, 6.45) is 9.38. The number of rotatable bonds is 4. The molecule has 4 atom stereocenters. The second-order valence-corrected chi connectivity index (χ2v) is 13.7. The van der Waals surface area contributed by atoms with Gasteiger partial charge in [-0.25, -0.2) is 28.4 Å². The number of fused-ring (bicyclic) bond motifs is 2. The van der Waals surface area contributed by atoms with Crippen LogP contribution >= 0.6 is 15.9 Å². The van der Waals surface area contributed by atoms with Gasteiger partial charge in [-0.2, -0.15) is 0 Å². The molecule has 0 radical (unpaired) electrons. The van der Waals surface area contributed by atoms with Crippen LogP contribution in [0.1, 0.15) is 18.5 Å². The summed E-state index contributed by atoms with van der Waals surface area (Å²) in [4.78, 5) is 19.1. The number of terminal acetylenes is 1. The van der Waals surface area contributed by atoms with Crippen molar-refractivity contribution in [2.24, 2.45) is 22.7 Å². The molecule has 2 aliphatic carbocycles. The molecule has 2 saturated carbocycles. The number of aromatic nitrogens is 2. The van der Waals surface area contributed by atoms with Crippen molar-refractivity contribution < 1.29 is 18.3 Å². The SMILES string of the molecule is COc1cccc(Br)n1.[C-]#[N+]c1cc(F)cc(N2CC3CC3(C#C)C2)c1.[C-]#[N+]c1cc(F)cc(N2CC3CC3(C#Cc3ncccc3OC)C2)c1. The van der Waals surface area contributed by atoms with Crippen molar-refractivity contribution in [3.8, 4) is 35.8 Å². The third-order valence-electron chi connectivity index (χ3n) is 9.62. The number of anilines is 2. The molecule has 2 aromatic carbocycles. The largest absolute Gasteiger partial charge is 0.494 e. The molecule has 256 valence electrons. The quantitative estimate of drug-likeness (QED) is 0.119. The summed E-state index contributed by atoms with van der Waals surface area (Å²) in [7, 11) is 3.20. The molecule has 0 spiro atoms. The van der Waals surface area contributed by atoms with E-state index in [2.05, 4.69) is 63.1 Å². The van der Waals surface area contributed by atoms with E-state index in [9.17, 15) is 8.78 Å². The van der Waals surface area contributed by atoms with Crippen LogP contribution in [0.2, 0.25) is 0 Å². The highest BCUT2D eigenvalue weighted by molar-refractivity contribution is 9.10. The molecule has 11 heteroatoms. The lowest BCUT2D eigenvalue weighted by Crippen LogP contribution is -2.24. The Balaban J connectivity index is 0.000000148. The smallest absolute Gasteiger partial charge is 0.213 e. The van der Waals surface area contributed by atoms with Gasteiger partial charge in [0.05, 0.1) is 38.2 Å². The minimum absolute atomic E-state index is 0.0184. The van der Waals surface area contributed by atoms with E-state index >= 15 is 0 Å². The van der Waals surface area contributed by atoms with Crippen LogP contribution in [0.5, 0.6) is 11.6 Å². The molecule has 0 amide bonds. The number of piperidine rings is 2. The fourth-order valence-corrected chi connectivity index (χ4v) is 7.05. The van der Waals surface area contributed by atoms with Crippen molar-refractivity contribution in [3.05, 3.63) is 118 Å². The average Bonchev–Trinajstić information content (AvgIpc) is 3.94. The van der Waals surface area contributed by atoms with E-state index in [-0.39, 0.29) is 22.5 Å². The minimum atomic E-state index is -0.373. The molecule has 4 heterocycles. The molecule has 2 aromatic heterocycles. The van der Waals surface area contributed by atoms with Crippen molar-refractivity contribution in [3.63, 3.8) is 0 Å². The van der Waals surface area contributed by atoms with Crippen LogP contribution in [0, 0.1) is 71.6 Å². The Labute approximate surface area is 305 Å². The van der Waals surface area contributed by atoms with Crippen LogP contribution in [0.15, 0.2) is 77.5 Å². The molecular weight excluding hydrogens is 714 g/mol. The number of benzene rings is 2. The molecular formula is C40H33BrF2N6O2. The maximum atomic E-state index is 13.7. The predicted octanol–water partition coefficient (Wildman–Crippen LogP) is 8.35. The van der Waals surface area contributed by atoms with Gasteiger partial charge in [-0.15, -0.1) is 6.42 Å². The molecule has 8 rings (SSSR count). The maximum Gasteiger partial charge on any atom is 0.213 e. The molecule has 4 aromatic rings. The van der Waals surface area contributed by atoms with Crippen molar-refractivity contribution in [2.45, 2.75) is 12.8 Å². The van der Waals surface area contributed by atoms with E-state index in [1.54, 1.807) is 38.6 Å². The lowest BCUT2D eigenvalue weighted by molar-refractivity contribution is 0.397. The topological polar surface area (TPSA) is 59.4 Å². The molecule has 8 nitrogen and oxygen atoms in total. The standard InChI is InChI=1S/C20H16FN3O.C14H11FN2.C6H6BrNO/c1-22-16-8-15(21)9-17(10-16)24-12-14-11-20(14,13-24)6-5-18-19(25-2)4-3-7-23-18;1-3-14-7-10(14)8-17(9-14)13-5-11(15)4-12(6-13)16-2;1-9-6-4-2-3-5(7)8-6/h3-4,7-10,14H,11-13H2,2H3;1,4-6,10H,7-9H2;2-4H,1H3. The van der Waals surface area contributed by atoms with E-state index < -0.39 is 0 Å². The van der Waals surface area contributed by atoms with Crippen LogP contribution in [-0.4, -0.2) is 50.4 Å². The number of methoxy groups -OCH3 is 2. The highest BCUT2D eigenvalue weighted by Crippen LogP contribution is 2.59. The van der Waals surface area contributed by atoms with Gasteiger partial charge >= 0.3 is 0 Å². The number of nitrogens with zero attached hydrogens (tertiary/aromatic N) is 6. The molecule has 4 unspecified atom stereocenters. The van der Waals surface area contributed by atoms with Gasteiger partial charge in [0.2, 0.25) is 5.88 Å². The molecule has 51 heavy (non-hydrogen) atoms. The second-order valence-electron chi connectivity index (χ2n) is 12.9. The zero-order valence-corrected chi connectivity index (χ0v) is 29.6. The molecule has 2 aliphatic heterocycles. The predicted molar refractivity (Wildman–Crippen MR) is 196 cm³/mol. The first-order valence-electron chi connectivity index (χ1n) is 16.2. The fraction of sp³-hybridized carbons (Fsp3) is 0.300. The Morgan fingerprint density at radius 3 is 2.00 bits per heavy atom. The fourth-order valence-electron chi connectivity index (χ4n) is 6.73. The van der Waals surface area contributed by atoms with Gasteiger partial charge in [-0.1, -0.05) is 17.9 Å². The molecule has 4 aliphatic rings. The summed E-state index contributed by atoms with van der Waals surface area (Å²) in [6, 6.07) is 18.1. The van der Waals surface area contributed by atoms with E-state index in [0.717, 1.165) is 55.0 Å². The van der Waals surface area contributed by atoms with Gasteiger partial charge in [-0.3, -0.25) is 0 Å². The second kappa shape index (κ2) is 14.7. The van der Waals surface area contributed by atoms with Crippen LogP contribution in [-0.2, 0) is 0 Å². The number of hydrogen-bond donors (Lipinski definition) is 0. The highest BCUT2D eigenvalue weighted by atomic mass is 79.9. The van der Waals surface area contributed by atoms with Crippen LogP contribution < -0.4 is 19.3 Å². The van der Waals surface area contributed by atoms with E-state index in [0.29, 0.717) is 40.5 Å². The van der Waals surface area contributed by atoms with E-state index in [4.69, 9.17) is 29.0 Å². The number of halogens is 3. The van der Waals surface area contributed by atoms with Crippen LogP contribution in [0.3, 0.4) is 0 Å². The Kier molecular flexibility index (Phi) is 10.1. The lowest BCUT2D eigenvalue weighted by Gasteiger charge is -2.22. The van der Waals surface area contributed by atoms with Crippen molar-refractivity contribution in [2.75, 3.05) is 50.2 Å². The Morgan fingerprint density at radius 1 is 0.863 bits per heavy atom. The Bertz CT molecular complexity index is 2150. The zero-order chi connectivity index (χ0) is 36.2. The molecule has 4 fully saturated rings. The first-order valence-corrected chi connectivity index (χ1v) is 16.9. The maximum absolute atomic E-state index is 13.7. The normalized spacial score (nSPS) is 22.8. The summed E-state index contributed by atoms with van der Waals surface area (Å²) in [5.74, 6) is 11.0. The van der Waals surface area contributed by atoms with Crippen molar-refractivity contribution in [1.82, 2.24) is 9.97 Å². The Morgan fingerprint density at radius 2 is 1.47 bits per heavy atom. The third kappa shape index (κ3) is 7.91. The van der Waals surface area contributed by atoms with Gasteiger partial charge in [0, 0.05) is 49.8 Å². The highest BCUT2D eigenvalue weighted by Gasteiger charge is 2.60. The van der Waals surface area contributed by atoms with E-state index in [1.807, 2.05) is 24.3 Å². The molecule has 0 N–H and O–H groups in total. The summed E-state index contributed by atoms with van der Waals surface area (Å²) in [6.45, 7) is 17.3. The monoisotopic (exact) mass is 746 g/mol. The number of pyridine rings is 2. The van der Waals surface area contributed by atoms with Crippen LogP contribution in [0.4, 0.5) is 31.5 Å². The van der Waals surface area contributed by atoms with Crippen molar-refractivity contribution >= 4 is 38.7 Å². The number of ether oxygens (including phenoxy) is 2. The first kappa shape index (κ1) is 35.2. The average molecular weight is 748 g/mol. The molecule has 0 bridgehead atoms. The minimum Gasteiger partial charge on any atom is -0.494 e. The summed E-state index contributed by atoms with van der Waals surface area (Å²) in [5, 5.41) is 0. The van der Waals surface area contributed by atoms with Crippen molar-refractivity contribution in [1.29, 1.82) is 0 Å². The van der Waals surface area contributed by atoms with Gasteiger partial charge < -0.3 is 19.3 Å². The van der Waals surface area contributed by atoms with Gasteiger partial charge in [0.25, 0.3) is 0 Å². The number of hydrogen-bond acceptors (Lipinski definition) is 6. The summed E-state index contributed by atoms with van der Waals surface area (Å²) in [5.41, 5.74) is 2.80.